The van der Waals surface area contributed by atoms with Crippen LogP contribution >= 0.6 is 0 Å². The molecule has 0 unspecified atom stereocenters. The Balaban J connectivity index is 0.995. The number of hydrogen-bond donors (Lipinski definition) is 0. The van der Waals surface area contributed by atoms with Crippen LogP contribution < -0.4 is 20.7 Å². The summed E-state index contributed by atoms with van der Waals surface area (Å²) in [5.74, 6) is 0. The van der Waals surface area contributed by atoms with Crippen LogP contribution in [-0.2, 0) is 0 Å². The third kappa shape index (κ3) is 6.81. The molecular formula is C72H49N3Si. The van der Waals surface area contributed by atoms with Crippen LogP contribution in [0.25, 0.3) is 105 Å². The minimum absolute atomic E-state index is 1.11. The normalized spacial score (nSPS) is 11.9. The number of benzene rings is 12. The molecule has 0 spiro atoms. The fourth-order valence-corrected chi connectivity index (χ4v) is 17.4. The van der Waals surface area contributed by atoms with Gasteiger partial charge in [0.1, 0.15) is 0 Å². The lowest BCUT2D eigenvalue weighted by Crippen LogP contribution is -2.74. The van der Waals surface area contributed by atoms with E-state index in [4.69, 9.17) is 0 Å². The van der Waals surface area contributed by atoms with Crippen LogP contribution in [0.3, 0.4) is 0 Å². The van der Waals surface area contributed by atoms with Gasteiger partial charge in [-0.15, -0.1) is 0 Å². The molecule has 0 amide bonds. The highest BCUT2D eigenvalue weighted by atomic mass is 28.3. The summed E-state index contributed by atoms with van der Waals surface area (Å²) in [6.45, 7) is 0. The van der Waals surface area contributed by atoms with Gasteiger partial charge in [-0.25, -0.2) is 0 Å². The van der Waals surface area contributed by atoms with E-state index in [1.807, 2.05) is 0 Å². The minimum atomic E-state index is -2.87. The largest absolute Gasteiger partial charge is 0.309 e. The number of rotatable bonds is 9. The van der Waals surface area contributed by atoms with Crippen molar-refractivity contribution in [3.63, 3.8) is 0 Å². The van der Waals surface area contributed by atoms with Crippen molar-refractivity contribution in [2.75, 3.05) is 0 Å². The van der Waals surface area contributed by atoms with E-state index >= 15 is 0 Å². The van der Waals surface area contributed by atoms with Gasteiger partial charge in [0.15, 0.2) is 8.07 Å². The number of aromatic nitrogens is 3. The van der Waals surface area contributed by atoms with E-state index in [9.17, 15) is 0 Å². The van der Waals surface area contributed by atoms with E-state index in [1.54, 1.807) is 0 Å². The number of para-hydroxylation sites is 3. The van der Waals surface area contributed by atoms with E-state index in [0.717, 1.165) is 33.7 Å². The number of fused-ring (bicyclic) bond motifs is 9. The van der Waals surface area contributed by atoms with Gasteiger partial charge >= 0.3 is 0 Å². The first kappa shape index (κ1) is 43.8. The third-order valence-corrected chi connectivity index (χ3v) is 20.7. The van der Waals surface area contributed by atoms with E-state index in [0.29, 0.717) is 0 Å². The summed E-state index contributed by atoms with van der Waals surface area (Å²) in [4.78, 5) is 0. The lowest BCUT2D eigenvalue weighted by molar-refractivity contribution is 1.13. The molecule has 3 nitrogen and oxygen atoms in total. The molecule has 15 aromatic rings. The molecule has 0 aliphatic rings. The molecule has 12 aromatic carbocycles. The van der Waals surface area contributed by atoms with Crippen molar-refractivity contribution in [1.29, 1.82) is 0 Å². The van der Waals surface area contributed by atoms with Gasteiger partial charge in [0.05, 0.1) is 33.1 Å². The van der Waals surface area contributed by atoms with Crippen molar-refractivity contribution >= 4 is 94.2 Å². The minimum Gasteiger partial charge on any atom is -0.309 e. The average Bonchev–Trinajstić information content (AvgIpc) is 4.21. The first-order valence-electron chi connectivity index (χ1n) is 26.2. The zero-order chi connectivity index (χ0) is 50.2. The maximum absolute atomic E-state index is 2.87. The van der Waals surface area contributed by atoms with Gasteiger partial charge < -0.3 is 13.7 Å². The molecule has 0 saturated heterocycles. The van der Waals surface area contributed by atoms with Crippen molar-refractivity contribution in [1.82, 2.24) is 13.7 Å². The highest BCUT2D eigenvalue weighted by molar-refractivity contribution is 7.20. The summed E-state index contributed by atoms with van der Waals surface area (Å²) < 4.78 is 7.45. The molecule has 0 atom stereocenters. The summed E-state index contributed by atoms with van der Waals surface area (Å²) in [6.07, 6.45) is 0. The quantitative estimate of drug-likeness (QED) is 0.101. The lowest BCUT2D eigenvalue weighted by Gasteiger charge is -2.34. The fourth-order valence-electron chi connectivity index (χ4n) is 12.6. The summed E-state index contributed by atoms with van der Waals surface area (Å²) >= 11 is 0. The molecule has 0 radical (unpaired) electrons. The zero-order valence-corrected chi connectivity index (χ0v) is 42.6. The van der Waals surface area contributed by atoms with Crippen molar-refractivity contribution in [3.8, 4) is 39.3 Å². The Labute approximate surface area is 442 Å². The molecule has 3 aromatic heterocycles. The van der Waals surface area contributed by atoms with E-state index < -0.39 is 8.07 Å². The van der Waals surface area contributed by atoms with Crippen LogP contribution in [0.15, 0.2) is 297 Å². The van der Waals surface area contributed by atoms with Crippen molar-refractivity contribution in [3.05, 3.63) is 297 Å². The highest BCUT2D eigenvalue weighted by Gasteiger charge is 2.41. The summed E-state index contributed by atoms with van der Waals surface area (Å²) in [5.41, 5.74) is 15.1. The van der Waals surface area contributed by atoms with Crippen LogP contribution in [0, 0.1) is 0 Å². The van der Waals surface area contributed by atoms with Crippen molar-refractivity contribution < 1.29 is 0 Å². The van der Waals surface area contributed by atoms with Gasteiger partial charge in [-0.2, -0.15) is 0 Å². The molecule has 0 N–H and O–H groups in total. The molecule has 356 valence electrons. The first-order chi connectivity index (χ1) is 37.7. The predicted octanol–water partition coefficient (Wildman–Crippen LogP) is 15.7. The SMILES string of the molecule is c1ccc(-c2cc(-n3c4ccccc4c4ccccc43)cc(-n3c4ccccc4c4cc(-n5c6ccc(-c7ccccc7)cc6c6ccc([Si](c7ccccc7)(c7ccccc7)c7ccccc7)cc65)ccc43)c2)cc1. The average molecular weight is 984 g/mol. The second kappa shape index (κ2) is 17.7. The molecule has 0 saturated carbocycles. The molecule has 15 rings (SSSR count). The van der Waals surface area contributed by atoms with Crippen LogP contribution in [-0.4, -0.2) is 21.8 Å². The number of hydrogen-bond acceptors (Lipinski definition) is 0. The van der Waals surface area contributed by atoms with E-state index in [-0.39, 0.29) is 0 Å². The summed E-state index contributed by atoms with van der Waals surface area (Å²) in [7, 11) is -2.87. The molecule has 0 aliphatic carbocycles. The molecule has 76 heavy (non-hydrogen) atoms. The standard InChI is InChI=1S/C72H49N3Si/c1-6-22-50(23-7-1)52-38-42-70-65(46-52)64-41-40-60(76(57-26-10-3-11-27-57,58-28-12-4-13-29-58)59-30-14-5-15-31-59)49-72(64)73(70)54-39-43-71-66(48-54)63-34-18-21-37-69(63)75(71)56-45-53(51-24-8-2-9-25-51)44-55(47-56)74-67-35-19-16-32-61(67)62-33-17-20-36-68(62)74/h1-49H. The maximum Gasteiger partial charge on any atom is 0.179 e. The first-order valence-corrected chi connectivity index (χ1v) is 28.2. The Morgan fingerprint density at radius 1 is 0.184 bits per heavy atom. The van der Waals surface area contributed by atoms with Crippen LogP contribution in [0.4, 0.5) is 0 Å². The Morgan fingerprint density at radius 3 is 1.08 bits per heavy atom. The molecule has 0 bridgehead atoms. The van der Waals surface area contributed by atoms with E-state index in [2.05, 4.69) is 311 Å². The Hall–Kier alpha value is -9.74. The molecule has 0 aliphatic heterocycles. The van der Waals surface area contributed by atoms with Gasteiger partial charge in [-0.05, 0) is 116 Å². The van der Waals surface area contributed by atoms with Crippen LogP contribution in [0.2, 0.25) is 0 Å². The van der Waals surface area contributed by atoms with Crippen LogP contribution in [0.1, 0.15) is 0 Å². The topological polar surface area (TPSA) is 14.8 Å². The van der Waals surface area contributed by atoms with Crippen LogP contribution in [0.5, 0.6) is 0 Å². The highest BCUT2D eigenvalue weighted by Crippen LogP contribution is 2.41. The monoisotopic (exact) mass is 983 g/mol. The Kier molecular flexibility index (Phi) is 10.2. The van der Waals surface area contributed by atoms with Crippen molar-refractivity contribution in [2.45, 2.75) is 0 Å². The summed E-state index contributed by atoms with van der Waals surface area (Å²) in [6, 6.07) is 111. The smallest absolute Gasteiger partial charge is 0.179 e. The second-order valence-corrected chi connectivity index (χ2v) is 23.9. The fraction of sp³-hybridized carbons (Fsp3) is 0. The third-order valence-electron chi connectivity index (χ3n) is 15.9. The zero-order valence-electron chi connectivity index (χ0n) is 41.6. The van der Waals surface area contributed by atoms with Gasteiger partial charge in [0.2, 0.25) is 0 Å². The Morgan fingerprint density at radius 2 is 0.566 bits per heavy atom. The molecule has 4 heteroatoms. The van der Waals surface area contributed by atoms with Crippen molar-refractivity contribution in [2.24, 2.45) is 0 Å². The molecule has 3 heterocycles. The Bertz CT molecular complexity index is 4520. The maximum atomic E-state index is 2.54. The van der Waals surface area contributed by atoms with Gasteiger partial charge in [-0.1, -0.05) is 224 Å². The van der Waals surface area contributed by atoms with E-state index in [1.165, 1.54) is 91.8 Å². The second-order valence-electron chi connectivity index (χ2n) is 20.0. The summed E-state index contributed by atoms with van der Waals surface area (Å²) in [5, 5.41) is 12.8. The molecular weight excluding hydrogens is 935 g/mol. The number of nitrogens with zero attached hydrogens (tertiary/aromatic N) is 3. The van der Waals surface area contributed by atoms with Gasteiger partial charge in [0.25, 0.3) is 0 Å². The predicted molar refractivity (Wildman–Crippen MR) is 324 cm³/mol. The lowest BCUT2D eigenvalue weighted by atomic mass is 10.0. The van der Waals surface area contributed by atoms with Gasteiger partial charge in [-0.3, -0.25) is 0 Å². The molecule has 0 fully saturated rings. The van der Waals surface area contributed by atoms with Gasteiger partial charge in [0, 0.05) is 49.4 Å².